The molecule has 0 heterocycles. The summed E-state index contributed by atoms with van der Waals surface area (Å²) in [6.07, 6.45) is 7.50. The van der Waals surface area contributed by atoms with Gasteiger partial charge in [0.25, 0.3) is 0 Å². The van der Waals surface area contributed by atoms with Crippen LogP contribution in [-0.2, 0) is 4.79 Å². The Morgan fingerprint density at radius 1 is 1.53 bits per heavy atom. The third-order valence-electron chi connectivity index (χ3n) is 4.63. The molecule has 1 saturated carbocycles. The summed E-state index contributed by atoms with van der Waals surface area (Å²) in [7, 11) is 0. The first kappa shape index (κ1) is 12.6. The number of hydrogen-bond donors (Lipinski definition) is 1. The van der Waals surface area contributed by atoms with Crippen LogP contribution in [0.4, 0.5) is 0 Å². The second kappa shape index (κ2) is 5.18. The SMILES string of the molecule is C=C(C)[C@H]1CC[C@@H]2CCC=C(C=O)[C@H](CO)[C@H]21. The molecule has 94 valence electrons. The van der Waals surface area contributed by atoms with Crippen molar-refractivity contribution in [1.29, 1.82) is 0 Å². The minimum absolute atomic E-state index is 0.0317. The van der Waals surface area contributed by atoms with Crippen molar-refractivity contribution in [2.75, 3.05) is 6.61 Å². The Kier molecular flexibility index (Phi) is 3.82. The molecule has 1 fully saturated rings. The number of fused-ring (bicyclic) bond motifs is 1. The van der Waals surface area contributed by atoms with E-state index < -0.39 is 0 Å². The van der Waals surface area contributed by atoms with E-state index in [2.05, 4.69) is 13.5 Å². The van der Waals surface area contributed by atoms with Crippen molar-refractivity contribution < 1.29 is 9.90 Å². The molecule has 0 aromatic heterocycles. The van der Waals surface area contributed by atoms with Crippen molar-refractivity contribution in [3.63, 3.8) is 0 Å². The van der Waals surface area contributed by atoms with Gasteiger partial charge in [0, 0.05) is 5.92 Å². The molecule has 2 aliphatic carbocycles. The van der Waals surface area contributed by atoms with Gasteiger partial charge in [0.15, 0.2) is 0 Å². The molecule has 2 heteroatoms. The maximum absolute atomic E-state index is 11.1. The lowest BCUT2D eigenvalue weighted by atomic mass is 9.74. The van der Waals surface area contributed by atoms with E-state index in [0.717, 1.165) is 24.7 Å². The summed E-state index contributed by atoms with van der Waals surface area (Å²) in [5.41, 5.74) is 2.02. The Hall–Kier alpha value is -0.890. The monoisotopic (exact) mass is 234 g/mol. The van der Waals surface area contributed by atoms with Gasteiger partial charge in [-0.2, -0.15) is 0 Å². The summed E-state index contributed by atoms with van der Waals surface area (Å²) >= 11 is 0. The predicted molar refractivity (Wildman–Crippen MR) is 68.5 cm³/mol. The zero-order valence-electron chi connectivity index (χ0n) is 10.6. The minimum atomic E-state index is 0.0317. The standard InChI is InChI=1S/C15H22O2/c1-10(2)13-7-6-11-4-3-5-12(8-16)14(9-17)15(11)13/h5,8,11,13-15,17H,1,3-4,6-7,9H2,2H3/t11-,13+,14-,15+/m0/s1. The molecular formula is C15H22O2. The number of aliphatic hydroxyl groups is 1. The van der Waals surface area contributed by atoms with Crippen molar-refractivity contribution in [1.82, 2.24) is 0 Å². The molecule has 0 radical (unpaired) electrons. The van der Waals surface area contributed by atoms with E-state index in [4.69, 9.17) is 0 Å². The van der Waals surface area contributed by atoms with E-state index in [1.807, 2.05) is 6.08 Å². The quantitative estimate of drug-likeness (QED) is 0.602. The van der Waals surface area contributed by atoms with E-state index >= 15 is 0 Å². The highest BCUT2D eigenvalue weighted by Crippen LogP contribution is 2.49. The van der Waals surface area contributed by atoms with Gasteiger partial charge in [0.05, 0.1) is 6.61 Å². The largest absolute Gasteiger partial charge is 0.396 e. The molecule has 2 nitrogen and oxygen atoms in total. The predicted octanol–water partition coefficient (Wildman–Crippen LogP) is 2.73. The molecule has 1 N–H and O–H groups in total. The van der Waals surface area contributed by atoms with Crippen LogP contribution in [0.25, 0.3) is 0 Å². The van der Waals surface area contributed by atoms with Crippen LogP contribution >= 0.6 is 0 Å². The van der Waals surface area contributed by atoms with E-state index in [-0.39, 0.29) is 12.5 Å². The molecule has 0 aliphatic heterocycles. The molecule has 0 bridgehead atoms. The van der Waals surface area contributed by atoms with Crippen LogP contribution in [0.2, 0.25) is 0 Å². The lowest BCUT2D eigenvalue weighted by Gasteiger charge is -2.30. The summed E-state index contributed by atoms with van der Waals surface area (Å²) < 4.78 is 0. The summed E-state index contributed by atoms with van der Waals surface area (Å²) in [6, 6.07) is 0. The van der Waals surface area contributed by atoms with Gasteiger partial charge >= 0.3 is 0 Å². The van der Waals surface area contributed by atoms with Crippen LogP contribution in [0.3, 0.4) is 0 Å². The van der Waals surface area contributed by atoms with Crippen molar-refractivity contribution >= 4 is 6.29 Å². The first-order valence-electron chi connectivity index (χ1n) is 6.60. The highest BCUT2D eigenvalue weighted by atomic mass is 16.3. The summed E-state index contributed by atoms with van der Waals surface area (Å²) in [4.78, 5) is 11.1. The average Bonchev–Trinajstić information content (AvgIpc) is 2.64. The zero-order valence-corrected chi connectivity index (χ0v) is 10.6. The van der Waals surface area contributed by atoms with Gasteiger partial charge in [0.1, 0.15) is 6.29 Å². The molecular weight excluding hydrogens is 212 g/mol. The number of rotatable bonds is 3. The Balaban J connectivity index is 2.31. The fraction of sp³-hybridized carbons (Fsp3) is 0.667. The number of aldehydes is 1. The first-order chi connectivity index (χ1) is 8.19. The molecule has 0 amide bonds. The normalized spacial score (nSPS) is 36.9. The smallest absolute Gasteiger partial charge is 0.146 e. The van der Waals surface area contributed by atoms with E-state index in [1.54, 1.807) is 0 Å². The molecule has 2 rings (SSSR count). The van der Waals surface area contributed by atoms with Gasteiger partial charge in [-0.25, -0.2) is 0 Å². The van der Waals surface area contributed by atoms with Crippen LogP contribution in [-0.4, -0.2) is 18.0 Å². The van der Waals surface area contributed by atoms with Crippen LogP contribution in [0.15, 0.2) is 23.8 Å². The molecule has 0 aromatic rings. The second-order valence-electron chi connectivity index (χ2n) is 5.56. The van der Waals surface area contributed by atoms with Crippen molar-refractivity contribution in [3.8, 4) is 0 Å². The fourth-order valence-electron chi connectivity index (χ4n) is 3.83. The highest BCUT2D eigenvalue weighted by molar-refractivity contribution is 5.74. The van der Waals surface area contributed by atoms with Gasteiger partial charge in [0.2, 0.25) is 0 Å². The molecule has 4 atom stereocenters. The summed E-state index contributed by atoms with van der Waals surface area (Å²) in [5, 5.41) is 9.63. The number of hydrogen-bond acceptors (Lipinski definition) is 2. The third kappa shape index (κ3) is 2.23. The maximum Gasteiger partial charge on any atom is 0.146 e. The second-order valence-corrected chi connectivity index (χ2v) is 5.56. The molecule has 2 aliphatic rings. The van der Waals surface area contributed by atoms with Gasteiger partial charge < -0.3 is 5.11 Å². The van der Waals surface area contributed by atoms with E-state index in [1.165, 1.54) is 18.4 Å². The number of allylic oxidation sites excluding steroid dienone is 2. The minimum Gasteiger partial charge on any atom is -0.396 e. The van der Waals surface area contributed by atoms with Crippen LogP contribution in [0.5, 0.6) is 0 Å². The molecule has 0 saturated heterocycles. The zero-order chi connectivity index (χ0) is 12.4. The van der Waals surface area contributed by atoms with Gasteiger partial charge in [-0.15, -0.1) is 0 Å². The van der Waals surface area contributed by atoms with Crippen molar-refractivity contribution in [2.45, 2.75) is 32.6 Å². The van der Waals surface area contributed by atoms with Crippen molar-refractivity contribution in [2.24, 2.45) is 23.7 Å². The van der Waals surface area contributed by atoms with Crippen LogP contribution in [0.1, 0.15) is 32.6 Å². The number of carbonyl (C=O) groups excluding carboxylic acids is 1. The molecule has 0 spiro atoms. The topological polar surface area (TPSA) is 37.3 Å². The van der Waals surface area contributed by atoms with E-state index in [0.29, 0.717) is 17.8 Å². The Morgan fingerprint density at radius 3 is 2.88 bits per heavy atom. The van der Waals surface area contributed by atoms with Gasteiger partial charge in [-0.05, 0) is 55.9 Å². The highest BCUT2D eigenvalue weighted by Gasteiger charge is 2.42. The van der Waals surface area contributed by atoms with Gasteiger partial charge in [-0.1, -0.05) is 18.2 Å². The Bertz CT molecular complexity index is 343. The van der Waals surface area contributed by atoms with Crippen LogP contribution in [0, 0.1) is 23.7 Å². The average molecular weight is 234 g/mol. The number of aliphatic hydroxyl groups excluding tert-OH is 1. The maximum atomic E-state index is 11.1. The first-order valence-corrected chi connectivity index (χ1v) is 6.60. The lowest BCUT2D eigenvalue weighted by Crippen LogP contribution is -2.28. The van der Waals surface area contributed by atoms with Crippen LogP contribution < -0.4 is 0 Å². The molecule has 0 unspecified atom stereocenters. The van der Waals surface area contributed by atoms with Gasteiger partial charge in [-0.3, -0.25) is 4.79 Å². The number of carbonyl (C=O) groups is 1. The summed E-state index contributed by atoms with van der Waals surface area (Å²) in [6.45, 7) is 6.26. The molecule has 17 heavy (non-hydrogen) atoms. The van der Waals surface area contributed by atoms with Crippen molar-refractivity contribution in [3.05, 3.63) is 23.8 Å². The lowest BCUT2D eigenvalue weighted by molar-refractivity contribution is -0.105. The molecule has 0 aromatic carbocycles. The Morgan fingerprint density at radius 2 is 2.29 bits per heavy atom. The van der Waals surface area contributed by atoms with E-state index in [9.17, 15) is 9.90 Å². The fourth-order valence-corrected chi connectivity index (χ4v) is 3.83. The summed E-state index contributed by atoms with van der Waals surface area (Å²) in [5.74, 6) is 1.60. The third-order valence-corrected chi connectivity index (χ3v) is 4.63. The Labute approximate surface area is 103 Å².